The van der Waals surface area contributed by atoms with Crippen LogP contribution in [0.1, 0.15) is 43.1 Å². The quantitative estimate of drug-likeness (QED) is 0.110. The molecule has 0 spiro atoms. The maximum Gasteiger partial charge on any atom is 0.145 e. The van der Waals surface area contributed by atoms with Crippen molar-refractivity contribution >= 4 is 71.2 Å². The van der Waals surface area contributed by atoms with Gasteiger partial charge in [-0.15, -0.1) is 0 Å². The van der Waals surface area contributed by atoms with Crippen LogP contribution in [0.5, 0.6) is 0 Å². The summed E-state index contributed by atoms with van der Waals surface area (Å²) in [6, 6.07) is 58.8. The summed E-state index contributed by atoms with van der Waals surface area (Å²) in [4.78, 5) is 5.27. The van der Waals surface area contributed by atoms with Crippen LogP contribution in [-0.2, 0) is 6.42 Å². The second kappa shape index (κ2) is 16.5. The normalized spacial score (nSPS) is 14.0. The van der Waals surface area contributed by atoms with Gasteiger partial charge in [-0.1, -0.05) is 189 Å². The zero-order chi connectivity index (χ0) is 44.1. The Hall–Kier alpha value is -8.07. The van der Waals surface area contributed by atoms with Gasteiger partial charge in [0.15, 0.2) is 0 Å². The molecule has 314 valence electrons. The van der Waals surface area contributed by atoms with Crippen LogP contribution in [0.25, 0.3) is 116 Å². The fourth-order valence-electron chi connectivity index (χ4n) is 10.8. The first-order valence-corrected chi connectivity index (χ1v) is 23.3. The largest absolute Gasteiger partial charge is 0.293 e. The minimum Gasteiger partial charge on any atom is -0.293 e. The van der Waals surface area contributed by atoms with Crippen molar-refractivity contribution in [2.45, 2.75) is 32.6 Å². The van der Waals surface area contributed by atoms with E-state index in [1.54, 1.807) is 0 Å². The molecule has 12 rings (SSSR count). The van der Waals surface area contributed by atoms with Crippen molar-refractivity contribution in [2.75, 3.05) is 0 Å². The minimum absolute atomic E-state index is 0.972. The number of fused-ring (bicyclic) bond motifs is 6. The number of imidazole rings is 1. The molecule has 2 aliphatic rings. The second-order valence-corrected chi connectivity index (χ2v) is 17.5. The van der Waals surface area contributed by atoms with E-state index < -0.39 is 0 Å². The zero-order valence-corrected chi connectivity index (χ0v) is 37.1. The number of hydrogen-bond acceptors (Lipinski definition) is 1. The lowest BCUT2D eigenvalue weighted by Crippen LogP contribution is -2.04. The number of aryl methyl sites for hydroxylation is 1. The van der Waals surface area contributed by atoms with Crippen molar-refractivity contribution in [1.29, 1.82) is 0 Å². The molecular formula is C64H48N2. The molecule has 1 aromatic heterocycles. The van der Waals surface area contributed by atoms with E-state index in [2.05, 4.69) is 218 Å². The van der Waals surface area contributed by atoms with Crippen LogP contribution >= 0.6 is 0 Å². The number of aromatic nitrogens is 2. The van der Waals surface area contributed by atoms with Gasteiger partial charge in [-0.25, -0.2) is 4.98 Å². The van der Waals surface area contributed by atoms with Crippen molar-refractivity contribution in [1.82, 2.24) is 9.55 Å². The first kappa shape index (κ1) is 39.5. The SMILES string of the molecule is C=C/C=C\C(=C/C)c1c2ccccc2c(-c2ccccc2)c2cc(-c3c4ccccc4c(-c4ccc5cc(-c6nc7c(n6C6=CCCC=C6)C=CCC7)ccc5c4)c4ccccc34)ccc12. The average Bonchev–Trinajstić information content (AvgIpc) is 3.78. The van der Waals surface area contributed by atoms with Crippen molar-refractivity contribution in [3.05, 3.63) is 230 Å². The monoisotopic (exact) mass is 844 g/mol. The van der Waals surface area contributed by atoms with Crippen LogP contribution in [0.15, 0.2) is 213 Å². The predicted molar refractivity (Wildman–Crippen MR) is 284 cm³/mol. The van der Waals surface area contributed by atoms with E-state index in [1.807, 2.05) is 12.2 Å². The van der Waals surface area contributed by atoms with Gasteiger partial charge in [0, 0.05) is 11.3 Å². The molecule has 2 nitrogen and oxygen atoms in total. The third-order valence-electron chi connectivity index (χ3n) is 13.8. The molecule has 0 aliphatic heterocycles. The summed E-state index contributed by atoms with van der Waals surface area (Å²) >= 11 is 0. The molecule has 2 aliphatic carbocycles. The molecule has 2 heteroatoms. The van der Waals surface area contributed by atoms with Gasteiger partial charge in [0.05, 0.1) is 11.4 Å². The topological polar surface area (TPSA) is 17.8 Å². The second-order valence-electron chi connectivity index (χ2n) is 17.5. The third-order valence-corrected chi connectivity index (χ3v) is 13.8. The molecule has 0 saturated heterocycles. The minimum atomic E-state index is 0.972. The zero-order valence-electron chi connectivity index (χ0n) is 37.1. The van der Waals surface area contributed by atoms with E-state index in [0.717, 1.165) is 37.1 Å². The average molecular weight is 845 g/mol. The highest BCUT2D eigenvalue weighted by Gasteiger charge is 2.23. The van der Waals surface area contributed by atoms with Crippen LogP contribution in [0.3, 0.4) is 0 Å². The Bertz CT molecular complexity index is 3720. The summed E-state index contributed by atoms with van der Waals surface area (Å²) in [5.74, 6) is 1.02. The van der Waals surface area contributed by atoms with Crippen LogP contribution in [0.4, 0.5) is 0 Å². The molecule has 0 atom stereocenters. The molecule has 0 radical (unpaired) electrons. The third kappa shape index (κ3) is 6.52. The van der Waals surface area contributed by atoms with E-state index in [0.29, 0.717) is 0 Å². The highest BCUT2D eigenvalue weighted by molar-refractivity contribution is 6.24. The Morgan fingerprint density at radius 1 is 0.530 bits per heavy atom. The Morgan fingerprint density at radius 3 is 1.74 bits per heavy atom. The van der Waals surface area contributed by atoms with Gasteiger partial charge in [-0.3, -0.25) is 4.57 Å². The summed E-state index contributed by atoms with van der Waals surface area (Å²) in [6.45, 7) is 6.12. The summed E-state index contributed by atoms with van der Waals surface area (Å²) in [5.41, 5.74) is 14.5. The molecule has 0 N–H and O–H groups in total. The lowest BCUT2D eigenvalue weighted by Gasteiger charge is -2.21. The number of rotatable bonds is 8. The first-order valence-electron chi connectivity index (χ1n) is 23.3. The Morgan fingerprint density at radius 2 is 1.09 bits per heavy atom. The molecule has 0 saturated carbocycles. The van der Waals surface area contributed by atoms with Crippen LogP contribution in [0, 0.1) is 0 Å². The van der Waals surface area contributed by atoms with E-state index in [4.69, 9.17) is 4.98 Å². The Kier molecular flexibility index (Phi) is 9.87. The van der Waals surface area contributed by atoms with E-state index in [1.165, 1.54) is 115 Å². The smallest absolute Gasteiger partial charge is 0.145 e. The van der Waals surface area contributed by atoms with Crippen molar-refractivity contribution in [3.8, 4) is 44.8 Å². The van der Waals surface area contributed by atoms with Crippen LogP contribution < -0.4 is 0 Å². The van der Waals surface area contributed by atoms with E-state index in [9.17, 15) is 0 Å². The van der Waals surface area contributed by atoms with Crippen LogP contribution in [0.2, 0.25) is 0 Å². The van der Waals surface area contributed by atoms with E-state index >= 15 is 0 Å². The maximum atomic E-state index is 5.27. The fourth-order valence-corrected chi connectivity index (χ4v) is 10.8. The lowest BCUT2D eigenvalue weighted by atomic mass is 9.82. The lowest BCUT2D eigenvalue weighted by molar-refractivity contribution is 0.936. The number of benzene rings is 9. The van der Waals surface area contributed by atoms with Gasteiger partial charge in [0.1, 0.15) is 5.82 Å². The van der Waals surface area contributed by atoms with Gasteiger partial charge in [-0.05, 0) is 161 Å². The first-order chi connectivity index (χ1) is 32.7. The molecule has 1 heterocycles. The summed E-state index contributed by atoms with van der Waals surface area (Å²) in [7, 11) is 0. The highest BCUT2D eigenvalue weighted by atomic mass is 15.1. The summed E-state index contributed by atoms with van der Waals surface area (Å²) < 4.78 is 2.37. The summed E-state index contributed by atoms with van der Waals surface area (Å²) in [6.07, 6.45) is 23.9. The molecule has 0 amide bonds. The van der Waals surface area contributed by atoms with Crippen molar-refractivity contribution in [2.24, 2.45) is 0 Å². The molecule has 0 bridgehead atoms. The number of nitrogens with zero attached hydrogens (tertiary/aromatic N) is 2. The van der Waals surface area contributed by atoms with Gasteiger partial charge >= 0.3 is 0 Å². The van der Waals surface area contributed by atoms with Gasteiger partial charge in [-0.2, -0.15) is 0 Å². The standard InChI is InChI=1S/C64H48N2/c1-3-5-20-42(4-2)60-50-25-12-13-26-51(50)61(43-21-8-6-9-22-43)57-41-47(37-38-56(57)60)63-54-29-16-14-27-52(54)62(53-28-15-17-30-55(53)63)46-35-33-45-40-48(36-34-44(45)39-46)64-65-58-31-18-19-32-59(58)66(64)49-23-10-7-11-24-49/h3-6,8-10,12-17,19-30,32-41H,1,7,11,18,31H2,2H3/b20-5-,42-4+. The Labute approximate surface area is 386 Å². The summed E-state index contributed by atoms with van der Waals surface area (Å²) in [5, 5.41) is 12.3. The van der Waals surface area contributed by atoms with Gasteiger partial charge in [0.25, 0.3) is 0 Å². The molecule has 9 aromatic carbocycles. The molecule has 10 aromatic rings. The van der Waals surface area contributed by atoms with Crippen molar-refractivity contribution < 1.29 is 0 Å². The Balaban J connectivity index is 1.05. The van der Waals surface area contributed by atoms with Crippen molar-refractivity contribution in [3.63, 3.8) is 0 Å². The number of hydrogen-bond donors (Lipinski definition) is 0. The van der Waals surface area contributed by atoms with Crippen LogP contribution in [-0.4, -0.2) is 9.55 Å². The molecule has 66 heavy (non-hydrogen) atoms. The molecular weight excluding hydrogens is 797 g/mol. The highest BCUT2D eigenvalue weighted by Crippen LogP contribution is 2.48. The van der Waals surface area contributed by atoms with Gasteiger partial charge in [0.2, 0.25) is 0 Å². The van der Waals surface area contributed by atoms with Gasteiger partial charge < -0.3 is 0 Å². The number of allylic oxidation sites excluding steroid dienone is 10. The molecule has 0 unspecified atom stereocenters. The fraction of sp³-hybridized carbons (Fsp3) is 0.0781. The molecule has 0 fully saturated rings. The predicted octanol–water partition coefficient (Wildman–Crippen LogP) is 17.6. The van der Waals surface area contributed by atoms with E-state index in [-0.39, 0.29) is 0 Å². The maximum absolute atomic E-state index is 5.27.